The van der Waals surface area contributed by atoms with E-state index in [1.54, 1.807) is 26.0 Å². The van der Waals surface area contributed by atoms with Crippen LogP contribution >= 0.6 is 15.9 Å². The number of amides is 4. The first-order valence-electron chi connectivity index (χ1n) is 6.28. The van der Waals surface area contributed by atoms with Gasteiger partial charge in [-0.1, -0.05) is 35.8 Å². The van der Waals surface area contributed by atoms with Crippen LogP contribution in [-0.4, -0.2) is 17.8 Å². The zero-order chi connectivity index (χ0) is 15.0. The van der Waals surface area contributed by atoms with Gasteiger partial charge < -0.3 is 0 Å². The molecule has 4 amide bonds. The van der Waals surface area contributed by atoms with Crippen LogP contribution in [0.3, 0.4) is 0 Å². The first-order valence-corrected chi connectivity index (χ1v) is 7.07. The van der Waals surface area contributed by atoms with Gasteiger partial charge in [-0.2, -0.15) is 0 Å². The summed E-state index contributed by atoms with van der Waals surface area (Å²) in [5.41, 5.74) is 1.27. The molecule has 0 aliphatic carbocycles. The lowest BCUT2D eigenvalue weighted by Crippen LogP contribution is -2.59. The minimum Gasteiger partial charge on any atom is -0.277 e. The topological polar surface area (TPSA) is 66.5 Å². The molecule has 6 heteroatoms. The van der Waals surface area contributed by atoms with Gasteiger partial charge in [-0.25, -0.2) is 9.69 Å². The van der Waals surface area contributed by atoms with E-state index in [4.69, 9.17) is 0 Å². The Morgan fingerprint density at radius 3 is 2.50 bits per heavy atom. The maximum absolute atomic E-state index is 12.5. The van der Waals surface area contributed by atoms with E-state index in [2.05, 4.69) is 21.2 Å². The predicted molar refractivity (Wildman–Crippen MR) is 78.2 cm³/mol. The van der Waals surface area contributed by atoms with E-state index < -0.39 is 23.8 Å². The summed E-state index contributed by atoms with van der Waals surface area (Å²) >= 11 is 3.32. The van der Waals surface area contributed by atoms with Crippen LogP contribution in [0.4, 0.5) is 10.5 Å². The van der Waals surface area contributed by atoms with Gasteiger partial charge in [-0.05, 0) is 30.5 Å². The largest absolute Gasteiger partial charge is 0.335 e. The van der Waals surface area contributed by atoms with E-state index in [1.807, 2.05) is 13.0 Å². The van der Waals surface area contributed by atoms with Gasteiger partial charge in [0.1, 0.15) is 5.92 Å². The van der Waals surface area contributed by atoms with E-state index in [9.17, 15) is 14.4 Å². The molecule has 1 N–H and O–H groups in total. The van der Waals surface area contributed by atoms with Gasteiger partial charge in [0.25, 0.3) is 0 Å². The standard InChI is InChI=1S/C14H15BrN2O3/c1-7(2)11-12(18)16-14(20)17(13(11)19)10-6-9(15)5-4-8(10)3/h4-7,11H,1-3H3,(H,16,18,20). The Bertz CT molecular complexity index is 598. The summed E-state index contributed by atoms with van der Waals surface area (Å²) in [7, 11) is 0. The van der Waals surface area contributed by atoms with Crippen LogP contribution in [0.5, 0.6) is 0 Å². The summed E-state index contributed by atoms with van der Waals surface area (Å²) in [6, 6.07) is 4.63. The highest BCUT2D eigenvalue weighted by molar-refractivity contribution is 9.10. The number of urea groups is 1. The average Bonchev–Trinajstić information content (AvgIpc) is 2.32. The van der Waals surface area contributed by atoms with Crippen molar-refractivity contribution in [2.45, 2.75) is 20.8 Å². The lowest BCUT2D eigenvalue weighted by molar-refractivity contribution is -0.136. The van der Waals surface area contributed by atoms with Crippen LogP contribution in [-0.2, 0) is 9.59 Å². The van der Waals surface area contributed by atoms with Crippen LogP contribution in [0.15, 0.2) is 22.7 Å². The molecule has 20 heavy (non-hydrogen) atoms. The van der Waals surface area contributed by atoms with Crippen LogP contribution in [0.1, 0.15) is 19.4 Å². The number of barbiturate groups is 1. The van der Waals surface area contributed by atoms with Crippen LogP contribution in [0.2, 0.25) is 0 Å². The smallest absolute Gasteiger partial charge is 0.277 e. The minimum atomic E-state index is -0.842. The molecule has 2 rings (SSSR count). The number of hydrogen-bond donors (Lipinski definition) is 1. The molecule has 1 unspecified atom stereocenters. The molecule has 0 radical (unpaired) electrons. The number of carbonyl (C=O) groups is 3. The third-order valence-corrected chi connectivity index (χ3v) is 3.77. The highest BCUT2D eigenvalue weighted by atomic mass is 79.9. The summed E-state index contributed by atoms with van der Waals surface area (Å²) in [5.74, 6) is -2.02. The van der Waals surface area contributed by atoms with Crippen LogP contribution < -0.4 is 10.2 Å². The first kappa shape index (κ1) is 14.7. The fraction of sp³-hybridized carbons (Fsp3) is 0.357. The number of nitrogens with zero attached hydrogens (tertiary/aromatic N) is 1. The number of anilines is 1. The van der Waals surface area contributed by atoms with Gasteiger partial charge in [-0.3, -0.25) is 14.9 Å². The predicted octanol–water partition coefficient (Wildman–Crippen LogP) is 2.61. The van der Waals surface area contributed by atoms with E-state index in [1.165, 1.54) is 0 Å². The normalized spacial score (nSPS) is 19.6. The van der Waals surface area contributed by atoms with E-state index in [-0.39, 0.29) is 5.92 Å². The molecule has 1 aromatic carbocycles. The Hall–Kier alpha value is -1.69. The van der Waals surface area contributed by atoms with Crippen molar-refractivity contribution in [1.29, 1.82) is 0 Å². The van der Waals surface area contributed by atoms with Crippen LogP contribution in [0.25, 0.3) is 0 Å². The third kappa shape index (κ3) is 2.47. The second-order valence-electron chi connectivity index (χ2n) is 5.12. The number of nitrogens with one attached hydrogen (secondary N) is 1. The number of carbonyl (C=O) groups excluding carboxylic acids is 3. The summed E-state index contributed by atoms with van der Waals surface area (Å²) < 4.78 is 0.761. The van der Waals surface area contributed by atoms with Crippen molar-refractivity contribution in [3.05, 3.63) is 28.2 Å². The Morgan fingerprint density at radius 2 is 1.90 bits per heavy atom. The maximum Gasteiger partial charge on any atom is 0.335 e. The number of hydrogen-bond acceptors (Lipinski definition) is 3. The van der Waals surface area contributed by atoms with Gasteiger partial charge in [0.2, 0.25) is 11.8 Å². The van der Waals surface area contributed by atoms with Crippen molar-refractivity contribution in [2.24, 2.45) is 11.8 Å². The number of benzene rings is 1. The fourth-order valence-corrected chi connectivity index (χ4v) is 2.58. The highest BCUT2D eigenvalue weighted by Gasteiger charge is 2.43. The molecule has 5 nitrogen and oxygen atoms in total. The van der Waals surface area contributed by atoms with Crippen molar-refractivity contribution >= 4 is 39.5 Å². The zero-order valence-corrected chi connectivity index (χ0v) is 13.0. The lowest BCUT2D eigenvalue weighted by atomic mass is 9.91. The van der Waals surface area contributed by atoms with Crippen molar-refractivity contribution in [1.82, 2.24) is 5.32 Å². The summed E-state index contributed by atoms with van der Waals surface area (Å²) in [5, 5.41) is 2.25. The van der Waals surface area contributed by atoms with Crippen molar-refractivity contribution in [2.75, 3.05) is 4.90 Å². The average molecular weight is 339 g/mol. The molecule has 0 aromatic heterocycles. The molecule has 1 saturated heterocycles. The summed E-state index contributed by atoms with van der Waals surface area (Å²) in [6.07, 6.45) is 0. The minimum absolute atomic E-state index is 0.175. The quantitative estimate of drug-likeness (QED) is 0.843. The second kappa shape index (κ2) is 5.36. The Balaban J connectivity index is 2.49. The van der Waals surface area contributed by atoms with Gasteiger partial charge in [-0.15, -0.1) is 0 Å². The summed E-state index contributed by atoms with van der Waals surface area (Å²) in [6.45, 7) is 5.37. The molecule has 1 heterocycles. The lowest BCUT2D eigenvalue weighted by Gasteiger charge is -2.32. The van der Waals surface area contributed by atoms with Gasteiger partial charge in [0.05, 0.1) is 5.69 Å². The molecule has 0 saturated carbocycles. The van der Waals surface area contributed by atoms with Gasteiger partial charge in [0, 0.05) is 4.47 Å². The Labute approximate surface area is 125 Å². The van der Waals surface area contributed by atoms with Crippen molar-refractivity contribution in [3.63, 3.8) is 0 Å². The molecular formula is C14H15BrN2O3. The fourth-order valence-electron chi connectivity index (χ4n) is 2.23. The Morgan fingerprint density at radius 1 is 1.25 bits per heavy atom. The molecule has 1 aliphatic rings. The second-order valence-corrected chi connectivity index (χ2v) is 6.04. The highest BCUT2D eigenvalue weighted by Crippen LogP contribution is 2.29. The number of halogens is 1. The monoisotopic (exact) mass is 338 g/mol. The molecular weight excluding hydrogens is 324 g/mol. The third-order valence-electron chi connectivity index (χ3n) is 3.28. The first-order chi connectivity index (χ1) is 9.32. The molecule has 0 bridgehead atoms. The summed E-state index contributed by atoms with van der Waals surface area (Å²) in [4.78, 5) is 37.3. The van der Waals surface area contributed by atoms with Crippen molar-refractivity contribution in [3.8, 4) is 0 Å². The molecule has 1 fully saturated rings. The Kier molecular flexibility index (Phi) is 3.94. The number of imide groups is 2. The number of rotatable bonds is 2. The molecule has 1 atom stereocenters. The van der Waals surface area contributed by atoms with Crippen molar-refractivity contribution < 1.29 is 14.4 Å². The van der Waals surface area contributed by atoms with Gasteiger partial charge >= 0.3 is 6.03 Å². The zero-order valence-electron chi connectivity index (χ0n) is 11.4. The van der Waals surface area contributed by atoms with E-state index >= 15 is 0 Å². The molecule has 1 aliphatic heterocycles. The SMILES string of the molecule is Cc1ccc(Br)cc1N1C(=O)NC(=O)C(C(C)C)C1=O. The molecule has 1 aromatic rings. The van der Waals surface area contributed by atoms with E-state index in [0.717, 1.165) is 14.9 Å². The van der Waals surface area contributed by atoms with Gasteiger partial charge in [0.15, 0.2) is 0 Å². The molecule has 0 spiro atoms. The molecule has 106 valence electrons. The maximum atomic E-state index is 12.5. The van der Waals surface area contributed by atoms with Crippen LogP contribution in [0, 0.1) is 18.8 Å². The number of aryl methyl sites for hydroxylation is 1. The van der Waals surface area contributed by atoms with E-state index in [0.29, 0.717) is 5.69 Å².